The van der Waals surface area contributed by atoms with E-state index in [1.807, 2.05) is 6.07 Å². The number of rotatable bonds is 4. The lowest BCUT2D eigenvalue weighted by Crippen LogP contribution is -2.15. The molecular weight excluding hydrogens is 633 g/mol. The Morgan fingerprint density at radius 2 is 0.923 bits per heavy atom. The third-order valence-corrected chi connectivity index (χ3v) is 11.0. The second kappa shape index (κ2) is 11.4. The molecule has 1 aliphatic carbocycles. The average molecular weight is 665 g/mol. The van der Waals surface area contributed by atoms with E-state index in [9.17, 15) is 0 Å². The van der Waals surface area contributed by atoms with Gasteiger partial charge in [0.05, 0.1) is 5.56 Å². The molecule has 0 radical (unpaired) electrons. The number of ether oxygens (including phenoxy) is 1. The maximum Gasteiger partial charge on any atom is 0.146 e. The van der Waals surface area contributed by atoms with Crippen molar-refractivity contribution in [2.45, 2.75) is 12.0 Å². The van der Waals surface area contributed by atoms with Crippen LogP contribution in [0.2, 0.25) is 0 Å². The fraction of sp³-hybridized carbons (Fsp3) is 0.0400. The molecule has 11 rings (SSSR count). The molecule has 52 heavy (non-hydrogen) atoms. The quantitative estimate of drug-likeness (QED) is 0.175. The van der Waals surface area contributed by atoms with Crippen LogP contribution in [0.25, 0.3) is 88.0 Å². The number of para-hydroxylation sites is 1. The number of fused-ring (bicyclic) bond motifs is 8. The summed E-state index contributed by atoms with van der Waals surface area (Å²) in [7, 11) is 0. The van der Waals surface area contributed by atoms with E-state index >= 15 is 0 Å². The number of hydrogen-bond donors (Lipinski definition) is 0. The molecule has 0 saturated carbocycles. The van der Waals surface area contributed by atoms with Gasteiger partial charge in [-0.3, -0.25) is 0 Å². The van der Waals surface area contributed by atoms with Crippen molar-refractivity contribution in [3.05, 3.63) is 188 Å². The Morgan fingerprint density at radius 1 is 0.385 bits per heavy atom. The first kappa shape index (κ1) is 29.1. The van der Waals surface area contributed by atoms with E-state index < -0.39 is 0 Å². The van der Waals surface area contributed by atoms with Crippen LogP contribution >= 0.6 is 0 Å². The van der Waals surface area contributed by atoms with Crippen LogP contribution < -0.4 is 4.74 Å². The Morgan fingerprint density at radius 3 is 1.63 bits per heavy atom. The van der Waals surface area contributed by atoms with E-state index in [0.717, 1.165) is 44.4 Å². The smallest absolute Gasteiger partial charge is 0.146 e. The van der Waals surface area contributed by atoms with Crippen molar-refractivity contribution in [2.24, 2.45) is 0 Å². The molecule has 0 spiro atoms. The van der Waals surface area contributed by atoms with Gasteiger partial charge in [-0.25, -0.2) is 0 Å². The van der Waals surface area contributed by atoms with Crippen molar-refractivity contribution in [3.63, 3.8) is 0 Å². The Kier molecular flexibility index (Phi) is 6.41. The molecule has 0 saturated heterocycles. The lowest BCUT2D eigenvalue weighted by atomic mass is 9.84. The minimum Gasteiger partial charge on any atom is -0.484 e. The van der Waals surface area contributed by atoms with Gasteiger partial charge < -0.3 is 9.15 Å². The van der Waals surface area contributed by atoms with Crippen molar-refractivity contribution in [1.82, 2.24) is 0 Å². The number of furan rings is 1. The Labute approximate surface area is 301 Å². The SMILES string of the molecule is C1=CC2Oc3c(cc4c(oc5ccccc54)c3-c3cccc(-c4c5ccccc5c(-c5ccc(-c6ccccc6)cc5)c5ccccc45)c3)C2C=C1. The van der Waals surface area contributed by atoms with Crippen molar-refractivity contribution >= 4 is 43.5 Å². The molecule has 2 heteroatoms. The number of hydrogen-bond acceptors (Lipinski definition) is 2. The van der Waals surface area contributed by atoms with Crippen molar-refractivity contribution in [1.29, 1.82) is 0 Å². The van der Waals surface area contributed by atoms with Gasteiger partial charge in [-0.2, -0.15) is 0 Å². The summed E-state index contributed by atoms with van der Waals surface area (Å²) >= 11 is 0. The van der Waals surface area contributed by atoms with E-state index in [1.165, 1.54) is 54.9 Å². The highest BCUT2D eigenvalue weighted by atomic mass is 16.5. The molecule has 1 aromatic heterocycles. The van der Waals surface area contributed by atoms with Crippen LogP contribution in [0.4, 0.5) is 0 Å². The van der Waals surface area contributed by atoms with Crippen LogP contribution in [0.15, 0.2) is 186 Å². The van der Waals surface area contributed by atoms with Gasteiger partial charge in [0.1, 0.15) is 23.0 Å². The Balaban J connectivity index is 1.14. The molecule has 2 unspecified atom stereocenters. The molecule has 2 heterocycles. The van der Waals surface area contributed by atoms with Crippen LogP contribution in [-0.4, -0.2) is 6.10 Å². The summed E-state index contributed by atoms with van der Waals surface area (Å²) in [6.45, 7) is 0. The third-order valence-electron chi connectivity index (χ3n) is 11.0. The summed E-state index contributed by atoms with van der Waals surface area (Å²) in [6, 6.07) is 56.9. The first-order chi connectivity index (χ1) is 25.8. The summed E-state index contributed by atoms with van der Waals surface area (Å²) in [4.78, 5) is 0. The van der Waals surface area contributed by atoms with Crippen molar-refractivity contribution < 1.29 is 9.15 Å². The minimum absolute atomic E-state index is 0.0260. The summed E-state index contributed by atoms with van der Waals surface area (Å²) in [6.07, 6.45) is 8.63. The van der Waals surface area contributed by atoms with Gasteiger partial charge in [0.2, 0.25) is 0 Å². The predicted octanol–water partition coefficient (Wildman–Crippen LogP) is 13.5. The highest BCUT2D eigenvalue weighted by molar-refractivity contribution is 6.21. The van der Waals surface area contributed by atoms with Crippen LogP contribution in [-0.2, 0) is 0 Å². The molecule has 244 valence electrons. The minimum atomic E-state index is -0.0260. The molecular formula is C50H32O2. The standard InChI is InChI=1S/C50H32O2/c1-2-13-31(14-3-1)32-25-27-33(28-26-32)46-38-19-4-6-21-40(38)47(41-22-7-5-20-39(41)46)34-15-12-16-35(29-34)48-49-42(36-17-8-10-23-44(36)51-49)30-43-37-18-9-11-24-45(37)52-50(43)48/h1-30,36,44H. The topological polar surface area (TPSA) is 22.4 Å². The van der Waals surface area contributed by atoms with E-state index in [4.69, 9.17) is 9.15 Å². The highest BCUT2D eigenvalue weighted by Gasteiger charge is 2.36. The Bertz CT molecular complexity index is 2870. The molecule has 0 N–H and O–H groups in total. The maximum atomic E-state index is 6.79. The van der Waals surface area contributed by atoms with Crippen molar-refractivity contribution in [2.75, 3.05) is 0 Å². The second-order valence-electron chi connectivity index (χ2n) is 13.9. The zero-order valence-corrected chi connectivity index (χ0v) is 28.3. The maximum absolute atomic E-state index is 6.79. The summed E-state index contributed by atoms with van der Waals surface area (Å²) in [5, 5.41) is 7.18. The monoisotopic (exact) mass is 664 g/mol. The Hall–Kier alpha value is -6.64. The van der Waals surface area contributed by atoms with Gasteiger partial charge >= 0.3 is 0 Å². The molecule has 0 amide bonds. The zero-order valence-electron chi connectivity index (χ0n) is 28.3. The molecule has 9 aromatic rings. The lowest BCUT2D eigenvalue weighted by Gasteiger charge is -2.18. The van der Waals surface area contributed by atoms with Gasteiger partial charge in [0, 0.05) is 22.3 Å². The fourth-order valence-electron chi connectivity index (χ4n) is 8.66. The van der Waals surface area contributed by atoms with Gasteiger partial charge in [-0.05, 0) is 84.8 Å². The molecule has 1 aliphatic heterocycles. The van der Waals surface area contributed by atoms with E-state index in [2.05, 4.69) is 176 Å². The first-order valence-corrected chi connectivity index (χ1v) is 18.0. The van der Waals surface area contributed by atoms with E-state index in [-0.39, 0.29) is 12.0 Å². The largest absolute Gasteiger partial charge is 0.484 e. The predicted molar refractivity (Wildman–Crippen MR) is 216 cm³/mol. The van der Waals surface area contributed by atoms with Crippen LogP contribution in [0.3, 0.4) is 0 Å². The van der Waals surface area contributed by atoms with Crippen molar-refractivity contribution in [3.8, 4) is 50.3 Å². The normalized spacial score (nSPS) is 16.1. The molecule has 8 aromatic carbocycles. The van der Waals surface area contributed by atoms with Crippen LogP contribution in [0.1, 0.15) is 11.5 Å². The average Bonchev–Trinajstić information content (AvgIpc) is 3.77. The lowest BCUT2D eigenvalue weighted by molar-refractivity contribution is 0.270. The fourth-order valence-corrected chi connectivity index (χ4v) is 8.66. The third kappa shape index (κ3) is 4.37. The highest BCUT2D eigenvalue weighted by Crippen LogP contribution is 2.52. The first-order valence-electron chi connectivity index (χ1n) is 18.0. The molecule has 0 fully saturated rings. The van der Waals surface area contributed by atoms with Gasteiger partial charge in [-0.1, -0.05) is 158 Å². The summed E-state index contributed by atoms with van der Waals surface area (Å²) < 4.78 is 13.5. The second-order valence-corrected chi connectivity index (χ2v) is 13.9. The number of allylic oxidation sites excluding steroid dienone is 2. The molecule has 2 aliphatic rings. The summed E-state index contributed by atoms with van der Waals surface area (Å²) in [5.41, 5.74) is 12.4. The summed E-state index contributed by atoms with van der Waals surface area (Å²) in [5.74, 6) is 1.08. The number of benzene rings is 8. The van der Waals surface area contributed by atoms with E-state index in [1.54, 1.807) is 0 Å². The van der Waals surface area contributed by atoms with Crippen LogP contribution in [0, 0.1) is 0 Å². The molecule has 2 atom stereocenters. The van der Waals surface area contributed by atoms with Gasteiger partial charge in [-0.15, -0.1) is 0 Å². The van der Waals surface area contributed by atoms with E-state index in [0.29, 0.717) is 0 Å². The van der Waals surface area contributed by atoms with Crippen LogP contribution in [0.5, 0.6) is 5.75 Å². The zero-order chi connectivity index (χ0) is 34.2. The van der Waals surface area contributed by atoms with Gasteiger partial charge in [0.25, 0.3) is 0 Å². The molecule has 2 nitrogen and oxygen atoms in total. The van der Waals surface area contributed by atoms with Gasteiger partial charge in [0.15, 0.2) is 0 Å². The molecule has 0 bridgehead atoms.